The number of rotatable bonds is 7. The van der Waals surface area contributed by atoms with Crippen molar-refractivity contribution >= 4 is 62.5 Å². The van der Waals surface area contributed by atoms with Crippen molar-refractivity contribution in [1.82, 2.24) is 4.57 Å². The molecule has 0 atom stereocenters. The highest BCUT2D eigenvalue weighted by molar-refractivity contribution is 6.50. The fourth-order valence-corrected chi connectivity index (χ4v) is 6.57. The fraction of sp³-hybridized carbons (Fsp3) is 0.125. The van der Waals surface area contributed by atoms with Crippen LogP contribution in [0.4, 0.5) is 17.1 Å². The molecule has 1 aromatic heterocycles. The molecule has 0 radical (unpaired) electrons. The minimum absolute atomic E-state index is 0.175. The predicted molar refractivity (Wildman–Crippen MR) is 190 cm³/mol. The van der Waals surface area contributed by atoms with Gasteiger partial charge in [-0.2, -0.15) is 0 Å². The number of hydrogen-bond donors (Lipinski definition) is 3. The number of hydrogen-bond acceptors (Lipinski definition) is 4. The van der Waals surface area contributed by atoms with Crippen molar-refractivity contribution in [3.8, 4) is 5.69 Å². The number of nitrogens with zero attached hydrogens (tertiary/aromatic N) is 2. The number of nitrogens with one attached hydrogen (secondary N) is 2. The lowest BCUT2D eigenvalue weighted by molar-refractivity contribution is -0.129. The van der Waals surface area contributed by atoms with E-state index in [0.29, 0.717) is 11.3 Å². The smallest absolute Gasteiger partial charge is 0.354 e. The zero-order chi connectivity index (χ0) is 32.7. The molecule has 6 aromatic rings. The number of carboxylic acid groups (broad SMARTS) is 1. The van der Waals surface area contributed by atoms with Crippen molar-refractivity contribution in [2.75, 3.05) is 16.8 Å². The molecule has 0 bridgehead atoms. The maximum Gasteiger partial charge on any atom is 0.354 e. The van der Waals surface area contributed by atoms with Crippen LogP contribution in [-0.4, -0.2) is 33.8 Å². The number of carboxylic acids is 1. The summed E-state index contributed by atoms with van der Waals surface area (Å²) in [6.07, 6.45) is 2.38. The molecule has 2 heterocycles. The maximum absolute atomic E-state index is 13.2. The zero-order valence-corrected chi connectivity index (χ0v) is 26.2. The van der Waals surface area contributed by atoms with E-state index in [1.54, 1.807) is 24.3 Å². The Hall–Kier alpha value is -5.95. The number of carbonyl (C=O) groups is 2. The third-order valence-corrected chi connectivity index (χ3v) is 9.05. The first-order chi connectivity index (χ1) is 22.7. The van der Waals surface area contributed by atoms with Gasteiger partial charge < -0.3 is 19.9 Å². The number of anilines is 3. The summed E-state index contributed by atoms with van der Waals surface area (Å²) in [5.74, 6) is -2.11. The van der Waals surface area contributed by atoms with E-state index in [0.717, 1.165) is 46.6 Å². The van der Waals surface area contributed by atoms with Crippen molar-refractivity contribution in [2.24, 2.45) is 0 Å². The summed E-state index contributed by atoms with van der Waals surface area (Å²) < 4.78 is 2.32. The molecule has 0 saturated carbocycles. The number of para-hydroxylation sites is 3. The fourth-order valence-electron chi connectivity index (χ4n) is 6.57. The van der Waals surface area contributed by atoms with Crippen LogP contribution in [0.1, 0.15) is 31.4 Å². The second-order valence-electron chi connectivity index (χ2n) is 12.5. The van der Waals surface area contributed by atoms with E-state index in [2.05, 4.69) is 95.4 Å². The molecule has 232 valence electrons. The second kappa shape index (κ2) is 11.8. The standard InChI is InChI=1S/C40H34N4O3/c1-40(2)21-22-43(29-18-19-31-30-15-9-10-16-34(30)44(36(31)25-29)28-13-7-4-8-14-28)35-20-17-26(24-33(35)40)23-32(37(41)39(46)47)38(45)42-27-11-5-3-6-12-27/h3-20,23-25,41H,21-22H2,1-2H3,(H,42,45)(H,46,47)/b32-23-,41-37?. The third kappa shape index (κ3) is 5.46. The van der Waals surface area contributed by atoms with E-state index in [9.17, 15) is 14.7 Å². The summed E-state index contributed by atoms with van der Waals surface area (Å²) in [5.41, 5.74) is 6.63. The van der Waals surface area contributed by atoms with E-state index in [4.69, 9.17) is 5.41 Å². The van der Waals surface area contributed by atoms with E-state index in [-0.39, 0.29) is 11.0 Å². The average Bonchev–Trinajstić information content (AvgIpc) is 3.41. The lowest BCUT2D eigenvalue weighted by Crippen LogP contribution is -2.34. The monoisotopic (exact) mass is 618 g/mol. The molecule has 0 fully saturated rings. The van der Waals surface area contributed by atoms with E-state index < -0.39 is 17.6 Å². The van der Waals surface area contributed by atoms with Gasteiger partial charge in [0.15, 0.2) is 5.71 Å². The lowest BCUT2D eigenvalue weighted by atomic mass is 9.77. The third-order valence-electron chi connectivity index (χ3n) is 9.05. The van der Waals surface area contributed by atoms with E-state index in [1.165, 1.54) is 16.8 Å². The first kappa shape index (κ1) is 29.7. The topological polar surface area (TPSA) is 98.4 Å². The van der Waals surface area contributed by atoms with Crippen LogP contribution in [-0.2, 0) is 15.0 Å². The van der Waals surface area contributed by atoms with Gasteiger partial charge in [0, 0.05) is 40.1 Å². The molecule has 0 aliphatic carbocycles. The Morgan fingerprint density at radius 1 is 0.787 bits per heavy atom. The zero-order valence-electron chi connectivity index (χ0n) is 26.2. The summed E-state index contributed by atoms with van der Waals surface area (Å²) in [6.45, 7) is 5.23. The summed E-state index contributed by atoms with van der Waals surface area (Å²) in [5, 5.41) is 23.0. The molecule has 0 saturated heterocycles. The molecular weight excluding hydrogens is 584 g/mol. The molecule has 7 nitrogen and oxygen atoms in total. The van der Waals surface area contributed by atoms with Crippen LogP contribution in [0.15, 0.2) is 127 Å². The highest BCUT2D eigenvalue weighted by Crippen LogP contribution is 2.44. The van der Waals surface area contributed by atoms with Gasteiger partial charge in [0.05, 0.1) is 16.6 Å². The number of carbonyl (C=O) groups excluding carboxylic acids is 1. The lowest BCUT2D eigenvalue weighted by Gasteiger charge is -2.40. The van der Waals surface area contributed by atoms with Crippen molar-refractivity contribution in [2.45, 2.75) is 25.7 Å². The van der Waals surface area contributed by atoms with Crippen LogP contribution in [0.25, 0.3) is 33.6 Å². The average molecular weight is 619 g/mol. The Morgan fingerprint density at radius 2 is 1.47 bits per heavy atom. The largest absolute Gasteiger partial charge is 0.477 e. The van der Waals surface area contributed by atoms with Gasteiger partial charge in [-0.1, -0.05) is 80.6 Å². The van der Waals surface area contributed by atoms with Crippen LogP contribution in [0.5, 0.6) is 0 Å². The number of aromatic nitrogens is 1. The Balaban J connectivity index is 1.31. The molecule has 7 heteroatoms. The van der Waals surface area contributed by atoms with Crippen molar-refractivity contribution in [3.05, 3.63) is 138 Å². The molecule has 7 rings (SSSR count). The van der Waals surface area contributed by atoms with Gasteiger partial charge in [0.1, 0.15) is 0 Å². The normalized spacial score (nSPS) is 14.2. The summed E-state index contributed by atoms with van der Waals surface area (Å²) in [6, 6.07) is 40.3. The minimum atomic E-state index is -1.47. The first-order valence-electron chi connectivity index (χ1n) is 15.6. The number of aliphatic carboxylic acids is 1. The Morgan fingerprint density at radius 3 is 2.21 bits per heavy atom. The molecule has 0 unspecified atom stereocenters. The van der Waals surface area contributed by atoms with E-state index >= 15 is 0 Å². The Bertz CT molecular complexity index is 2220. The van der Waals surface area contributed by atoms with Crippen molar-refractivity contribution in [3.63, 3.8) is 0 Å². The molecular formula is C40H34N4O3. The van der Waals surface area contributed by atoms with E-state index in [1.807, 2.05) is 30.3 Å². The molecule has 1 amide bonds. The summed E-state index contributed by atoms with van der Waals surface area (Å²) in [7, 11) is 0. The summed E-state index contributed by atoms with van der Waals surface area (Å²) >= 11 is 0. The van der Waals surface area contributed by atoms with Gasteiger partial charge in [-0.15, -0.1) is 0 Å². The van der Waals surface area contributed by atoms with Gasteiger partial charge in [-0.25, -0.2) is 4.79 Å². The first-order valence-corrected chi connectivity index (χ1v) is 15.6. The van der Waals surface area contributed by atoms with Gasteiger partial charge in [-0.3, -0.25) is 10.2 Å². The van der Waals surface area contributed by atoms with Gasteiger partial charge in [0.2, 0.25) is 0 Å². The predicted octanol–water partition coefficient (Wildman–Crippen LogP) is 8.73. The Kier molecular flexibility index (Phi) is 7.45. The SMILES string of the molecule is CC1(C)CCN(c2ccc3c4ccccc4n(-c4ccccc4)c3c2)c2ccc(/C=C(/C(=N)C(=O)O)C(=O)Nc3ccccc3)cc21. The molecule has 1 aliphatic heterocycles. The van der Waals surface area contributed by atoms with Crippen LogP contribution in [0, 0.1) is 5.41 Å². The van der Waals surface area contributed by atoms with Crippen LogP contribution in [0.3, 0.4) is 0 Å². The highest BCUT2D eigenvalue weighted by Gasteiger charge is 2.32. The minimum Gasteiger partial charge on any atom is -0.477 e. The molecule has 3 N–H and O–H groups in total. The van der Waals surface area contributed by atoms with Crippen LogP contribution in [0.2, 0.25) is 0 Å². The van der Waals surface area contributed by atoms with Gasteiger partial charge in [-0.05, 0) is 83.6 Å². The van der Waals surface area contributed by atoms with Crippen LogP contribution < -0.4 is 10.2 Å². The Labute approximate surface area is 272 Å². The van der Waals surface area contributed by atoms with Gasteiger partial charge >= 0.3 is 5.97 Å². The number of benzene rings is 5. The van der Waals surface area contributed by atoms with Crippen molar-refractivity contribution < 1.29 is 14.7 Å². The molecule has 1 aliphatic rings. The molecule has 5 aromatic carbocycles. The quantitative estimate of drug-likeness (QED) is 0.123. The van der Waals surface area contributed by atoms with Crippen LogP contribution >= 0.6 is 0 Å². The second-order valence-corrected chi connectivity index (χ2v) is 12.5. The molecule has 47 heavy (non-hydrogen) atoms. The van der Waals surface area contributed by atoms with Crippen molar-refractivity contribution in [1.29, 1.82) is 5.41 Å². The number of amides is 1. The molecule has 0 spiro atoms. The maximum atomic E-state index is 13.2. The number of fused-ring (bicyclic) bond motifs is 4. The van der Waals surface area contributed by atoms with Gasteiger partial charge in [0.25, 0.3) is 5.91 Å². The summed E-state index contributed by atoms with van der Waals surface area (Å²) in [4.78, 5) is 27.4. The highest BCUT2D eigenvalue weighted by atomic mass is 16.4.